The van der Waals surface area contributed by atoms with Crippen LogP contribution in [0.5, 0.6) is 11.5 Å². The van der Waals surface area contributed by atoms with Crippen molar-refractivity contribution in [1.29, 1.82) is 0 Å². The highest BCUT2D eigenvalue weighted by molar-refractivity contribution is 6.03. The molecule has 0 radical (unpaired) electrons. The predicted octanol–water partition coefficient (Wildman–Crippen LogP) is 2.65. The van der Waals surface area contributed by atoms with Gasteiger partial charge in [-0.2, -0.15) is 0 Å². The number of ketones is 1. The van der Waals surface area contributed by atoms with Gasteiger partial charge < -0.3 is 15.2 Å². The van der Waals surface area contributed by atoms with Crippen LogP contribution >= 0.6 is 0 Å². The number of methoxy groups -OCH3 is 2. The summed E-state index contributed by atoms with van der Waals surface area (Å²) in [5.41, 5.74) is 5.88. The third kappa shape index (κ3) is 2.89. The molecule has 0 heterocycles. The molecule has 0 spiro atoms. The van der Waals surface area contributed by atoms with Gasteiger partial charge >= 0.3 is 0 Å². The highest BCUT2D eigenvalue weighted by Gasteiger charge is 2.35. The maximum Gasteiger partial charge on any atom is 0.173 e. The molecule has 4 nitrogen and oxygen atoms in total. The Labute approximate surface area is 114 Å². The van der Waals surface area contributed by atoms with Crippen LogP contribution in [0, 0.1) is 5.41 Å². The number of hydrogen-bond donors (Lipinski definition) is 1. The van der Waals surface area contributed by atoms with Crippen LogP contribution in [-0.4, -0.2) is 26.5 Å². The molecule has 0 aliphatic heterocycles. The van der Waals surface area contributed by atoms with Crippen molar-refractivity contribution < 1.29 is 14.3 Å². The second-order valence-corrected chi connectivity index (χ2v) is 4.59. The molecule has 0 unspecified atom stereocenters. The molecule has 0 atom stereocenters. The molecule has 0 saturated carbocycles. The smallest absolute Gasteiger partial charge is 0.173 e. The lowest BCUT2D eigenvalue weighted by molar-refractivity contribution is 0.0784. The number of nitrogens with two attached hydrogens (primary N) is 1. The van der Waals surface area contributed by atoms with E-state index in [1.807, 2.05) is 13.8 Å². The first-order valence-electron chi connectivity index (χ1n) is 6.55. The monoisotopic (exact) mass is 265 g/mol. The minimum absolute atomic E-state index is 0.0412. The topological polar surface area (TPSA) is 61.6 Å². The Hall–Kier alpha value is -1.55. The van der Waals surface area contributed by atoms with Crippen LogP contribution in [0.2, 0.25) is 0 Å². The van der Waals surface area contributed by atoms with Gasteiger partial charge in [0.15, 0.2) is 5.78 Å². The Bertz CT molecular complexity index is 431. The van der Waals surface area contributed by atoms with Crippen LogP contribution in [0.3, 0.4) is 0 Å². The molecule has 0 aromatic heterocycles. The van der Waals surface area contributed by atoms with Gasteiger partial charge in [0, 0.05) is 18.0 Å². The highest BCUT2D eigenvalue weighted by atomic mass is 16.5. The van der Waals surface area contributed by atoms with Gasteiger partial charge in [-0.25, -0.2) is 0 Å². The number of rotatable bonds is 7. The van der Waals surface area contributed by atoms with Gasteiger partial charge in [0.2, 0.25) is 0 Å². The molecule has 1 aromatic rings. The number of ether oxygens (including phenoxy) is 2. The van der Waals surface area contributed by atoms with Crippen molar-refractivity contribution in [3.05, 3.63) is 23.8 Å². The molecule has 0 bridgehead atoms. The van der Waals surface area contributed by atoms with Crippen molar-refractivity contribution in [3.8, 4) is 11.5 Å². The summed E-state index contributed by atoms with van der Waals surface area (Å²) in [7, 11) is 3.13. The van der Waals surface area contributed by atoms with Crippen molar-refractivity contribution in [2.24, 2.45) is 11.1 Å². The zero-order valence-corrected chi connectivity index (χ0v) is 12.2. The van der Waals surface area contributed by atoms with Crippen molar-refractivity contribution >= 4 is 5.78 Å². The maximum atomic E-state index is 12.7. The summed E-state index contributed by atoms with van der Waals surface area (Å²) >= 11 is 0. The van der Waals surface area contributed by atoms with Gasteiger partial charge in [-0.3, -0.25) is 4.79 Å². The maximum absolute atomic E-state index is 12.7. The Balaban J connectivity index is 3.25. The summed E-state index contributed by atoms with van der Waals surface area (Å²) in [4.78, 5) is 12.7. The summed E-state index contributed by atoms with van der Waals surface area (Å²) in [5.74, 6) is 1.24. The van der Waals surface area contributed by atoms with Gasteiger partial charge in [-0.05, 0) is 25.0 Å². The van der Waals surface area contributed by atoms with E-state index in [1.54, 1.807) is 32.4 Å². The molecular weight excluding hydrogens is 242 g/mol. The van der Waals surface area contributed by atoms with E-state index < -0.39 is 5.41 Å². The fourth-order valence-electron chi connectivity index (χ4n) is 2.22. The largest absolute Gasteiger partial charge is 0.497 e. The molecule has 106 valence electrons. The van der Waals surface area contributed by atoms with Gasteiger partial charge in [0.25, 0.3) is 0 Å². The molecule has 0 fully saturated rings. The average molecular weight is 265 g/mol. The summed E-state index contributed by atoms with van der Waals surface area (Å²) in [5, 5.41) is 0. The van der Waals surface area contributed by atoms with E-state index in [-0.39, 0.29) is 5.78 Å². The zero-order chi connectivity index (χ0) is 14.5. The molecular formula is C15H23NO3. The fraction of sp³-hybridized carbons (Fsp3) is 0.533. The molecule has 0 aliphatic carbocycles. The first-order chi connectivity index (χ1) is 9.08. The van der Waals surface area contributed by atoms with Gasteiger partial charge in [0.1, 0.15) is 11.5 Å². The quantitative estimate of drug-likeness (QED) is 0.770. The van der Waals surface area contributed by atoms with E-state index in [0.717, 1.165) is 0 Å². The average Bonchev–Trinajstić information content (AvgIpc) is 2.48. The Morgan fingerprint density at radius 1 is 1.21 bits per heavy atom. The van der Waals surface area contributed by atoms with E-state index in [1.165, 1.54) is 0 Å². The van der Waals surface area contributed by atoms with E-state index in [9.17, 15) is 4.79 Å². The standard InChI is InChI=1S/C15H23NO3/c1-5-15(6-2,10-16)14(17)12-8-7-11(18-3)9-13(12)19-4/h7-9H,5-6,10,16H2,1-4H3. The fourth-order valence-corrected chi connectivity index (χ4v) is 2.22. The normalized spacial score (nSPS) is 11.2. The van der Waals surface area contributed by atoms with Crippen molar-refractivity contribution in [1.82, 2.24) is 0 Å². The van der Waals surface area contributed by atoms with E-state index in [4.69, 9.17) is 15.2 Å². The van der Waals surface area contributed by atoms with Crippen LogP contribution in [-0.2, 0) is 0 Å². The number of carbonyl (C=O) groups is 1. The lowest BCUT2D eigenvalue weighted by atomic mass is 9.75. The molecule has 19 heavy (non-hydrogen) atoms. The van der Waals surface area contributed by atoms with Crippen molar-refractivity contribution in [2.75, 3.05) is 20.8 Å². The van der Waals surface area contributed by atoms with Crippen molar-refractivity contribution in [3.63, 3.8) is 0 Å². The molecule has 0 aliphatic rings. The van der Waals surface area contributed by atoms with Gasteiger partial charge in [-0.1, -0.05) is 13.8 Å². The molecule has 0 amide bonds. The minimum atomic E-state index is -0.512. The number of benzene rings is 1. The Morgan fingerprint density at radius 2 is 1.84 bits per heavy atom. The van der Waals surface area contributed by atoms with Crippen LogP contribution in [0.25, 0.3) is 0 Å². The minimum Gasteiger partial charge on any atom is -0.497 e. The summed E-state index contributed by atoms with van der Waals surface area (Å²) in [6.07, 6.45) is 1.43. The lowest BCUT2D eigenvalue weighted by Gasteiger charge is -2.29. The van der Waals surface area contributed by atoms with E-state index in [2.05, 4.69) is 0 Å². The van der Waals surface area contributed by atoms with Gasteiger partial charge in [0.05, 0.1) is 19.8 Å². The molecule has 2 N–H and O–H groups in total. The Kier molecular flexibility index (Phi) is 5.36. The highest BCUT2D eigenvalue weighted by Crippen LogP contribution is 2.34. The summed E-state index contributed by atoms with van der Waals surface area (Å²) < 4.78 is 10.4. The number of Topliss-reactive ketones (excluding diaryl/α,β-unsaturated/α-hetero) is 1. The van der Waals surface area contributed by atoms with Crippen molar-refractivity contribution in [2.45, 2.75) is 26.7 Å². The van der Waals surface area contributed by atoms with Crippen LogP contribution in [0.15, 0.2) is 18.2 Å². The van der Waals surface area contributed by atoms with E-state index >= 15 is 0 Å². The lowest BCUT2D eigenvalue weighted by Crippen LogP contribution is -2.37. The Morgan fingerprint density at radius 3 is 2.26 bits per heavy atom. The number of hydrogen-bond acceptors (Lipinski definition) is 4. The van der Waals surface area contributed by atoms with Crippen LogP contribution < -0.4 is 15.2 Å². The SMILES string of the molecule is CCC(CC)(CN)C(=O)c1ccc(OC)cc1OC. The second kappa shape index (κ2) is 6.57. The predicted molar refractivity (Wildman–Crippen MR) is 75.9 cm³/mol. The number of carbonyl (C=O) groups excluding carboxylic acids is 1. The summed E-state index contributed by atoms with van der Waals surface area (Å²) in [6.45, 7) is 4.32. The molecule has 1 rings (SSSR count). The molecule has 1 aromatic carbocycles. The zero-order valence-electron chi connectivity index (χ0n) is 12.2. The molecule has 4 heteroatoms. The third-order valence-electron chi connectivity index (χ3n) is 3.88. The first kappa shape index (κ1) is 15.5. The first-order valence-corrected chi connectivity index (χ1v) is 6.55. The van der Waals surface area contributed by atoms with Crippen LogP contribution in [0.4, 0.5) is 0 Å². The summed E-state index contributed by atoms with van der Waals surface area (Å²) in [6, 6.07) is 5.23. The third-order valence-corrected chi connectivity index (χ3v) is 3.88. The second-order valence-electron chi connectivity index (χ2n) is 4.59. The van der Waals surface area contributed by atoms with E-state index in [0.29, 0.717) is 36.4 Å². The molecule has 0 saturated heterocycles. The van der Waals surface area contributed by atoms with Gasteiger partial charge in [-0.15, -0.1) is 0 Å². The van der Waals surface area contributed by atoms with Crippen LogP contribution in [0.1, 0.15) is 37.0 Å².